The minimum atomic E-state index is 0.588. The lowest BCUT2D eigenvalue weighted by molar-refractivity contribution is 0.372. The zero-order valence-corrected chi connectivity index (χ0v) is 12.5. The summed E-state index contributed by atoms with van der Waals surface area (Å²) in [5.41, 5.74) is 1.35. The molecule has 1 nitrogen and oxygen atoms in total. The molecule has 1 atom stereocenters. The van der Waals surface area contributed by atoms with Gasteiger partial charge in [-0.05, 0) is 42.4 Å². The molecule has 0 aliphatic carbocycles. The van der Waals surface area contributed by atoms with Crippen LogP contribution in [0.3, 0.4) is 0 Å². The van der Waals surface area contributed by atoms with E-state index in [1.165, 1.54) is 24.8 Å². The molecule has 0 heterocycles. The Kier molecular flexibility index (Phi) is 7.19. The molecule has 0 aliphatic heterocycles. The smallest absolute Gasteiger partial charge is 0.118 e. The van der Waals surface area contributed by atoms with Crippen molar-refractivity contribution in [2.24, 2.45) is 11.8 Å². The first-order chi connectivity index (χ1) is 8.73. The molecule has 0 amide bonds. The molecule has 1 aromatic carbocycles. The van der Waals surface area contributed by atoms with Crippen molar-refractivity contribution in [3.8, 4) is 5.75 Å². The number of hydrogen-bond acceptors (Lipinski definition) is 1. The van der Waals surface area contributed by atoms with E-state index in [4.69, 9.17) is 16.3 Å². The van der Waals surface area contributed by atoms with Crippen LogP contribution in [0.15, 0.2) is 24.3 Å². The van der Waals surface area contributed by atoms with E-state index in [2.05, 4.69) is 26.0 Å². The summed E-state index contributed by atoms with van der Waals surface area (Å²) in [5.74, 6) is 3.07. The van der Waals surface area contributed by atoms with Crippen LogP contribution in [0.4, 0.5) is 0 Å². The summed E-state index contributed by atoms with van der Waals surface area (Å²) in [7, 11) is 1.70. The summed E-state index contributed by atoms with van der Waals surface area (Å²) >= 11 is 6.11. The summed E-state index contributed by atoms with van der Waals surface area (Å²) in [6.07, 6.45) is 4.82. The minimum Gasteiger partial charge on any atom is -0.497 e. The molecule has 0 aliphatic rings. The average Bonchev–Trinajstić information content (AvgIpc) is 2.44. The van der Waals surface area contributed by atoms with Crippen LogP contribution < -0.4 is 4.74 Å². The summed E-state index contributed by atoms with van der Waals surface area (Å²) in [6, 6.07) is 8.34. The lowest BCUT2D eigenvalue weighted by Gasteiger charge is -2.20. The number of methoxy groups -OCH3 is 1. The van der Waals surface area contributed by atoms with Gasteiger partial charge in [0.1, 0.15) is 5.75 Å². The molecule has 0 spiro atoms. The van der Waals surface area contributed by atoms with Crippen LogP contribution in [0.25, 0.3) is 0 Å². The van der Waals surface area contributed by atoms with Gasteiger partial charge in [-0.25, -0.2) is 0 Å². The van der Waals surface area contributed by atoms with Gasteiger partial charge in [-0.1, -0.05) is 38.8 Å². The number of benzene rings is 1. The predicted octanol–water partition coefficient (Wildman–Crippen LogP) is 4.92. The summed E-state index contributed by atoms with van der Waals surface area (Å²) in [4.78, 5) is 0. The highest BCUT2D eigenvalue weighted by Crippen LogP contribution is 2.24. The number of rotatable bonds is 8. The maximum absolute atomic E-state index is 6.11. The van der Waals surface area contributed by atoms with Crippen LogP contribution in [0, 0.1) is 11.8 Å². The number of ether oxygens (including phenoxy) is 1. The number of halogens is 1. The molecular weight excluding hydrogens is 244 g/mol. The lowest BCUT2D eigenvalue weighted by atomic mass is 9.88. The molecule has 0 saturated heterocycles. The van der Waals surface area contributed by atoms with E-state index < -0.39 is 0 Å². The van der Waals surface area contributed by atoms with Gasteiger partial charge < -0.3 is 4.74 Å². The number of hydrogen-bond donors (Lipinski definition) is 0. The highest BCUT2D eigenvalue weighted by atomic mass is 35.5. The quantitative estimate of drug-likeness (QED) is 0.608. The third-order valence-electron chi connectivity index (χ3n) is 3.72. The Morgan fingerprint density at radius 3 is 2.11 bits per heavy atom. The first-order valence-electron chi connectivity index (χ1n) is 6.92. The van der Waals surface area contributed by atoms with Crippen molar-refractivity contribution in [2.45, 2.75) is 39.5 Å². The first-order valence-corrected chi connectivity index (χ1v) is 7.45. The maximum Gasteiger partial charge on any atom is 0.118 e. The third-order valence-corrected chi connectivity index (χ3v) is 4.16. The van der Waals surface area contributed by atoms with Gasteiger partial charge >= 0.3 is 0 Å². The largest absolute Gasteiger partial charge is 0.497 e. The van der Waals surface area contributed by atoms with Crippen LogP contribution >= 0.6 is 11.6 Å². The van der Waals surface area contributed by atoms with Crippen molar-refractivity contribution >= 4 is 11.6 Å². The van der Waals surface area contributed by atoms with Gasteiger partial charge in [0.25, 0.3) is 0 Å². The highest BCUT2D eigenvalue weighted by Gasteiger charge is 2.14. The molecule has 0 bridgehead atoms. The first kappa shape index (κ1) is 15.4. The van der Waals surface area contributed by atoms with Crippen molar-refractivity contribution in [1.82, 2.24) is 0 Å². The maximum atomic E-state index is 6.11. The monoisotopic (exact) mass is 268 g/mol. The van der Waals surface area contributed by atoms with Crippen LogP contribution in [-0.4, -0.2) is 13.0 Å². The second-order valence-electron chi connectivity index (χ2n) is 4.99. The van der Waals surface area contributed by atoms with Crippen LogP contribution in [-0.2, 0) is 6.42 Å². The van der Waals surface area contributed by atoms with E-state index in [-0.39, 0.29) is 0 Å². The van der Waals surface area contributed by atoms with Crippen molar-refractivity contribution in [3.05, 3.63) is 29.8 Å². The fourth-order valence-corrected chi connectivity index (χ4v) is 2.62. The Balaban J connectivity index is 2.55. The molecule has 2 heteroatoms. The van der Waals surface area contributed by atoms with E-state index in [1.807, 2.05) is 12.1 Å². The fourth-order valence-electron chi connectivity index (χ4n) is 2.39. The minimum absolute atomic E-state index is 0.588. The van der Waals surface area contributed by atoms with Crippen molar-refractivity contribution in [3.63, 3.8) is 0 Å². The standard InChI is InChI=1S/C16H25ClO/c1-4-13(5-2)10-15(12-17)11-14-6-8-16(18-3)9-7-14/h6-9,13,15H,4-5,10-12H2,1-3H3. The summed E-state index contributed by atoms with van der Waals surface area (Å²) < 4.78 is 5.17. The predicted molar refractivity (Wildman–Crippen MR) is 79.6 cm³/mol. The van der Waals surface area contributed by atoms with E-state index in [0.717, 1.165) is 24.0 Å². The normalized spacial score (nSPS) is 12.7. The van der Waals surface area contributed by atoms with Gasteiger partial charge in [0, 0.05) is 5.88 Å². The molecule has 1 aromatic rings. The molecule has 0 fully saturated rings. The lowest BCUT2D eigenvalue weighted by Crippen LogP contribution is -2.12. The third kappa shape index (κ3) is 4.89. The topological polar surface area (TPSA) is 9.23 Å². The molecule has 102 valence electrons. The van der Waals surface area contributed by atoms with E-state index in [0.29, 0.717) is 5.92 Å². The molecular formula is C16H25ClO. The van der Waals surface area contributed by atoms with E-state index >= 15 is 0 Å². The molecule has 0 radical (unpaired) electrons. The van der Waals surface area contributed by atoms with Crippen molar-refractivity contribution in [2.75, 3.05) is 13.0 Å². The van der Waals surface area contributed by atoms with Gasteiger partial charge in [0.15, 0.2) is 0 Å². The van der Waals surface area contributed by atoms with Crippen LogP contribution in [0.1, 0.15) is 38.7 Å². The zero-order chi connectivity index (χ0) is 13.4. The zero-order valence-electron chi connectivity index (χ0n) is 11.8. The van der Waals surface area contributed by atoms with Gasteiger partial charge in [-0.2, -0.15) is 0 Å². The molecule has 0 aromatic heterocycles. The van der Waals surface area contributed by atoms with E-state index in [9.17, 15) is 0 Å². The van der Waals surface area contributed by atoms with Gasteiger partial charge in [-0.3, -0.25) is 0 Å². The SMILES string of the molecule is CCC(CC)CC(CCl)Cc1ccc(OC)cc1. The Morgan fingerprint density at radius 2 is 1.67 bits per heavy atom. The summed E-state index contributed by atoms with van der Waals surface area (Å²) in [5, 5.41) is 0. The van der Waals surface area contributed by atoms with Gasteiger partial charge in [0.05, 0.1) is 7.11 Å². The Morgan fingerprint density at radius 1 is 1.06 bits per heavy atom. The summed E-state index contributed by atoms with van der Waals surface area (Å²) in [6.45, 7) is 4.54. The van der Waals surface area contributed by atoms with Crippen molar-refractivity contribution < 1.29 is 4.74 Å². The Labute approximate surface area is 116 Å². The van der Waals surface area contributed by atoms with Gasteiger partial charge in [0.2, 0.25) is 0 Å². The Bertz CT molecular complexity index is 316. The molecule has 1 unspecified atom stereocenters. The van der Waals surface area contributed by atoms with Gasteiger partial charge in [-0.15, -0.1) is 11.6 Å². The van der Waals surface area contributed by atoms with E-state index in [1.54, 1.807) is 7.11 Å². The number of alkyl halides is 1. The second kappa shape index (κ2) is 8.42. The van der Waals surface area contributed by atoms with Crippen LogP contribution in [0.5, 0.6) is 5.75 Å². The molecule has 0 N–H and O–H groups in total. The van der Waals surface area contributed by atoms with Crippen LogP contribution in [0.2, 0.25) is 0 Å². The molecule has 1 rings (SSSR count). The molecule has 18 heavy (non-hydrogen) atoms. The van der Waals surface area contributed by atoms with Crippen molar-refractivity contribution in [1.29, 1.82) is 0 Å². The molecule has 0 saturated carbocycles. The average molecular weight is 269 g/mol. The Hall–Kier alpha value is -0.690. The second-order valence-corrected chi connectivity index (χ2v) is 5.30. The highest BCUT2D eigenvalue weighted by molar-refractivity contribution is 6.18. The fraction of sp³-hybridized carbons (Fsp3) is 0.625.